The number of hydrogen-bond acceptors (Lipinski definition) is 2. The zero-order valence-electron chi connectivity index (χ0n) is 12.8. The molecule has 1 fully saturated rings. The molecule has 1 aromatic carbocycles. The van der Waals surface area contributed by atoms with Crippen molar-refractivity contribution in [1.82, 2.24) is 5.32 Å². The lowest BCUT2D eigenvalue weighted by Gasteiger charge is -2.26. The summed E-state index contributed by atoms with van der Waals surface area (Å²) in [7, 11) is 1.79. The second-order valence-electron chi connectivity index (χ2n) is 6.44. The van der Waals surface area contributed by atoms with Crippen LogP contribution in [0.25, 0.3) is 0 Å². The third kappa shape index (κ3) is 5.08. The molecule has 1 unspecified atom stereocenters. The lowest BCUT2D eigenvalue weighted by Crippen LogP contribution is -2.27. The molecule has 1 aromatic rings. The van der Waals surface area contributed by atoms with Crippen molar-refractivity contribution >= 4 is 11.6 Å². The minimum Gasteiger partial charge on any atom is -0.379 e. The summed E-state index contributed by atoms with van der Waals surface area (Å²) in [6.45, 7) is 5.33. The van der Waals surface area contributed by atoms with Crippen LogP contribution >= 0.6 is 11.6 Å². The van der Waals surface area contributed by atoms with Gasteiger partial charge in [-0.3, -0.25) is 0 Å². The summed E-state index contributed by atoms with van der Waals surface area (Å²) in [4.78, 5) is 0. The highest BCUT2D eigenvalue weighted by atomic mass is 35.5. The highest BCUT2D eigenvalue weighted by Gasteiger charge is 2.24. The Balaban J connectivity index is 1.99. The second kappa shape index (κ2) is 6.93. The molecule has 0 spiro atoms. The first-order valence-electron chi connectivity index (χ1n) is 7.54. The van der Waals surface area contributed by atoms with Gasteiger partial charge in [0.25, 0.3) is 0 Å². The van der Waals surface area contributed by atoms with Gasteiger partial charge in [-0.2, -0.15) is 0 Å². The predicted molar refractivity (Wildman–Crippen MR) is 85.5 cm³/mol. The van der Waals surface area contributed by atoms with Gasteiger partial charge in [0.1, 0.15) is 0 Å². The molecule has 0 amide bonds. The number of hydrogen-bond donors (Lipinski definition) is 1. The molecule has 0 heterocycles. The molecule has 2 rings (SSSR count). The largest absolute Gasteiger partial charge is 0.379 e. The number of halogens is 1. The standard InChI is InChI=1S/C17H26ClNO/c1-17(2,20-3)10-9-14(12-19-16-7-8-16)13-5-4-6-15(18)11-13/h4-6,11,14,16,19H,7-10,12H2,1-3H3. The molecule has 1 atom stereocenters. The summed E-state index contributed by atoms with van der Waals surface area (Å²) < 4.78 is 5.54. The minimum absolute atomic E-state index is 0.0591. The Morgan fingerprint density at radius 2 is 2.15 bits per heavy atom. The van der Waals surface area contributed by atoms with Crippen LogP contribution in [0, 0.1) is 0 Å². The SMILES string of the molecule is COC(C)(C)CCC(CNC1CC1)c1cccc(Cl)c1. The summed E-state index contributed by atoms with van der Waals surface area (Å²) in [5, 5.41) is 4.47. The molecule has 0 saturated heterocycles. The summed E-state index contributed by atoms with van der Waals surface area (Å²) in [5.74, 6) is 0.503. The number of rotatable bonds is 8. The van der Waals surface area contributed by atoms with Crippen LogP contribution in [0.5, 0.6) is 0 Å². The van der Waals surface area contributed by atoms with Crippen molar-refractivity contribution < 1.29 is 4.74 Å². The topological polar surface area (TPSA) is 21.3 Å². The quantitative estimate of drug-likeness (QED) is 0.768. The Labute approximate surface area is 127 Å². The van der Waals surface area contributed by atoms with Gasteiger partial charge in [0.15, 0.2) is 0 Å². The van der Waals surface area contributed by atoms with E-state index in [4.69, 9.17) is 16.3 Å². The zero-order valence-corrected chi connectivity index (χ0v) is 13.5. The molecule has 1 aliphatic carbocycles. The Bertz CT molecular complexity index is 429. The molecule has 1 aliphatic rings. The summed E-state index contributed by atoms with van der Waals surface area (Å²) in [6.07, 6.45) is 4.81. The van der Waals surface area contributed by atoms with Crippen LogP contribution in [0.1, 0.15) is 51.0 Å². The van der Waals surface area contributed by atoms with Crippen molar-refractivity contribution in [2.75, 3.05) is 13.7 Å². The monoisotopic (exact) mass is 295 g/mol. The van der Waals surface area contributed by atoms with Gasteiger partial charge in [-0.25, -0.2) is 0 Å². The molecule has 0 aromatic heterocycles. The Kier molecular flexibility index (Phi) is 5.48. The van der Waals surface area contributed by atoms with Gasteiger partial charge in [-0.15, -0.1) is 0 Å². The maximum absolute atomic E-state index is 6.14. The molecule has 0 radical (unpaired) electrons. The van der Waals surface area contributed by atoms with E-state index in [1.807, 2.05) is 12.1 Å². The molecule has 112 valence electrons. The van der Waals surface area contributed by atoms with E-state index in [-0.39, 0.29) is 5.60 Å². The van der Waals surface area contributed by atoms with Gasteiger partial charge < -0.3 is 10.1 Å². The summed E-state index contributed by atoms with van der Waals surface area (Å²) >= 11 is 6.14. The van der Waals surface area contributed by atoms with Crippen molar-refractivity contribution in [2.24, 2.45) is 0 Å². The van der Waals surface area contributed by atoms with Gasteiger partial charge >= 0.3 is 0 Å². The number of methoxy groups -OCH3 is 1. The van der Waals surface area contributed by atoms with E-state index in [1.165, 1.54) is 18.4 Å². The first kappa shape index (κ1) is 15.8. The molecular weight excluding hydrogens is 270 g/mol. The van der Waals surface area contributed by atoms with E-state index < -0.39 is 0 Å². The van der Waals surface area contributed by atoms with E-state index in [9.17, 15) is 0 Å². The highest BCUT2D eigenvalue weighted by molar-refractivity contribution is 6.30. The fourth-order valence-corrected chi connectivity index (χ4v) is 2.57. The van der Waals surface area contributed by atoms with E-state index in [1.54, 1.807) is 7.11 Å². The van der Waals surface area contributed by atoms with Crippen molar-refractivity contribution in [3.05, 3.63) is 34.9 Å². The fraction of sp³-hybridized carbons (Fsp3) is 0.647. The first-order valence-corrected chi connectivity index (χ1v) is 7.92. The Morgan fingerprint density at radius 1 is 1.40 bits per heavy atom. The van der Waals surface area contributed by atoms with Crippen LogP contribution in [-0.4, -0.2) is 25.3 Å². The van der Waals surface area contributed by atoms with Gasteiger partial charge in [-0.1, -0.05) is 23.7 Å². The first-order chi connectivity index (χ1) is 9.50. The molecule has 0 bridgehead atoms. The number of nitrogens with one attached hydrogen (secondary N) is 1. The molecule has 1 saturated carbocycles. The molecule has 20 heavy (non-hydrogen) atoms. The van der Waals surface area contributed by atoms with E-state index >= 15 is 0 Å². The van der Waals surface area contributed by atoms with Crippen LogP contribution < -0.4 is 5.32 Å². The average molecular weight is 296 g/mol. The van der Waals surface area contributed by atoms with Crippen LogP contribution in [-0.2, 0) is 4.74 Å². The van der Waals surface area contributed by atoms with Crippen molar-refractivity contribution in [2.45, 2.75) is 57.1 Å². The van der Waals surface area contributed by atoms with Crippen LogP contribution in [0.2, 0.25) is 5.02 Å². The third-order valence-electron chi connectivity index (χ3n) is 4.20. The smallest absolute Gasteiger partial charge is 0.0623 e. The molecule has 2 nitrogen and oxygen atoms in total. The molecule has 3 heteroatoms. The van der Waals surface area contributed by atoms with Crippen LogP contribution in [0.3, 0.4) is 0 Å². The average Bonchev–Trinajstić information content (AvgIpc) is 3.23. The summed E-state index contributed by atoms with van der Waals surface area (Å²) in [6, 6.07) is 9.01. The Hall–Kier alpha value is -0.570. The van der Waals surface area contributed by atoms with E-state index in [2.05, 4.69) is 31.3 Å². The van der Waals surface area contributed by atoms with Crippen molar-refractivity contribution in [3.8, 4) is 0 Å². The van der Waals surface area contributed by atoms with Gasteiger partial charge in [0.05, 0.1) is 5.60 Å². The molecule has 0 aliphatic heterocycles. The maximum Gasteiger partial charge on any atom is 0.0623 e. The lowest BCUT2D eigenvalue weighted by atomic mass is 9.89. The lowest BCUT2D eigenvalue weighted by molar-refractivity contribution is 0.0124. The Morgan fingerprint density at radius 3 is 2.75 bits per heavy atom. The molecule has 1 N–H and O–H groups in total. The molecular formula is C17H26ClNO. The summed E-state index contributed by atoms with van der Waals surface area (Å²) in [5.41, 5.74) is 1.27. The van der Waals surface area contributed by atoms with Gasteiger partial charge in [-0.05, 0) is 63.1 Å². The number of ether oxygens (including phenoxy) is 1. The van der Waals surface area contributed by atoms with Crippen molar-refractivity contribution in [1.29, 1.82) is 0 Å². The maximum atomic E-state index is 6.14. The van der Waals surface area contributed by atoms with Crippen molar-refractivity contribution in [3.63, 3.8) is 0 Å². The highest BCUT2D eigenvalue weighted by Crippen LogP contribution is 2.29. The van der Waals surface area contributed by atoms with E-state index in [0.29, 0.717) is 5.92 Å². The van der Waals surface area contributed by atoms with Gasteiger partial charge in [0.2, 0.25) is 0 Å². The van der Waals surface area contributed by atoms with E-state index in [0.717, 1.165) is 30.5 Å². The second-order valence-corrected chi connectivity index (χ2v) is 6.87. The van der Waals surface area contributed by atoms with Crippen LogP contribution in [0.15, 0.2) is 24.3 Å². The normalized spacial score (nSPS) is 17.2. The predicted octanol–water partition coefficient (Wildman–Crippen LogP) is 4.38. The fourth-order valence-electron chi connectivity index (χ4n) is 2.37. The zero-order chi connectivity index (χ0) is 14.6. The van der Waals surface area contributed by atoms with Crippen LogP contribution in [0.4, 0.5) is 0 Å². The van der Waals surface area contributed by atoms with Gasteiger partial charge in [0, 0.05) is 24.7 Å². The number of benzene rings is 1. The minimum atomic E-state index is -0.0591. The third-order valence-corrected chi connectivity index (χ3v) is 4.43.